The molecule has 12 heteroatoms. The average molecular weight is 598 g/mol. The van der Waals surface area contributed by atoms with Gasteiger partial charge in [-0.2, -0.15) is 0 Å². The van der Waals surface area contributed by atoms with Crippen molar-refractivity contribution in [1.29, 1.82) is 0 Å². The SMILES string of the molecule is CC(C)CCOC(=O)Oc1ccc(C[C@](NC(C)C)(OC(=O)OCC(C)(C)C)C(=O)O)cc1OC(=O)OCCC(C)C. The number of rotatable bonds is 15. The van der Waals surface area contributed by atoms with Crippen molar-refractivity contribution in [2.75, 3.05) is 19.8 Å². The molecule has 42 heavy (non-hydrogen) atoms. The Morgan fingerprint density at radius 3 is 1.76 bits per heavy atom. The van der Waals surface area contributed by atoms with Gasteiger partial charge in [0.25, 0.3) is 5.72 Å². The van der Waals surface area contributed by atoms with E-state index < -0.39 is 42.6 Å². The number of hydrogen-bond acceptors (Lipinski definition) is 11. The van der Waals surface area contributed by atoms with E-state index in [-0.39, 0.29) is 48.2 Å². The van der Waals surface area contributed by atoms with E-state index in [0.29, 0.717) is 18.8 Å². The second kappa shape index (κ2) is 16.8. The van der Waals surface area contributed by atoms with Crippen molar-refractivity contribution in [2.24, 2.45) is 17.3 Å². The summed E-state index contributed by atoms with van der Waals surface area (Å²) < 4.78 is 31.3. The molecule has 0 aromatic heterocycles. The predicted octanol–water partition coefficient (Wildman–Crippen LogP) is 6.33. The molecule has 2 N–H and O–H groups in total. The Hall–Kier alpha value is -3.54. The first kappa shape index (κ1) is 36.5. The van der Waals surface area contributed by atoms with E-state index in [0.717, 1.165) is 0 Å². The van der Waals surface area contributed by atoms with Gasteiger partial charge in [0.05, 0.1) is 19.8 Å². The highest BCUT2D eigenvalue weighted by molar-refractivity contribution is 5.80. The lowest BCUT2D eigenvalue weighted by Gasteiger charge is -2.32. The molecule has 1 rings (SSSR count). The summed E-state index contributed by atoms with van der Waals surface area (Å²) >= 11 is 0. The molecule has 0 amide bonds. The number of carboxylic acids is 1. The maximum Gasteiger partial charge on any atom is 0.513 e. The second-order valence-corrected chi connectivity index (χ2v) is 12.4. The molecule has 1 aromatic carbocycles. The highest BCUT2D eigenvalue weighted by atomic mass is 16.8. The van der Waals surface area contributed by atoms with Gasteiger partial charge in [-0.05, 0) is 61.6 Å². The second-order valence-electron chi connectivity index (χ2n) is 12.4. The first-order chi connectivity index (χ1) is 19.4. The molecule has 0 aliphatic heterocycles. The van der Waals surface area contributed by atoms with Crippen LogP contribution in [0.2, 0.25) is 0 Å². The predicted molar refractivity (Wildman–Crippen MR) is 154 cm³/mol. The van der Waals surface area contributed by atoms with Crippen molar-refractivity contribution in [3.05, 3.63) is 23.8 Å². The van der Waals surface area contributed by atoms with Crippen molar-refractivity contribution in [1.82, 2.24) is 5.32 Å². The molecule has 0 unspecified atom stereocenters. The summed E-state index contributed by atoms with van der Waals surface area (Å²) in [6.45, 7) is 17.0. The minimum Gasteiger partial charge on any atom is -0.477 e. The fourth-order valence-corrected chi connectivity index (χ4v) is 3.32. The molecule has 1 atom stereocenters. The molecule has 0 saturated heterocycles. The first-order valence-electron chi connectivity index (χ1n) is 14.1. The van der Waals surface area contributed by atoms with Crippen LogP contribution in [0.25, 0.3) is 0 Å². The van der Waals surface area contributed by atoms with Gasteiger partial charge in [0.1, 0.15) is 0 Å². The van der Waals surface area contributed by atoms with Crippen LogP contribution < -0.4 is 14.8 Å². The monoisotopic (exact) mass is 597 g/mol. The number of carbonyl (C=O) groups excluding carboxylic acids is 3. The van der Waals surface area contributed by atoms with Gasteiger partial charge >= 0.3 is 24.4 Å². The Morgan fingerprint density at radius 1 is 0.786 bits per heavy atom. The molecule has 0 aliphatic rings. The Morgan fingerprint density at radius 2 is 1.31 bits per heavy atom. The van der Waals surface area contributed by atoms with E-state index >= 15 is 0 Å². The lowest BCUT2D eigenvalue weighted by molar-refractivity contribution is -0.167. The van der Waals surface area contributed by atoms with E-state index in [1.807, 2.05) is 48.5 Å². The van der Waals surface area contributed by atoms with Gasteiger partial charge < -0.3 is 33.5 Å². The van der Waals surface area contributed by atoms with Gasteiger partial charge in [0.2, 0.25) is 0 Å². The molecule has 0 saturated carbocycles. The Balaban J connectivity index is 3.33. The van der Waals surface area contributed by atoms with Crippen LogP contribution in [0.1, 0.15) is 80.7 Å². The third kappa shape index (κ3) is 14.4. The smallest absolute Gasteiger partial charge is 0.477 e. The molecule has 0 heterocycles. The van der Waals surface area contributed by atoms with Crippen LogP contribution in [0.15, 0.2) is 18.2 Å². The van der Waals surface area contributed by atoms with Crippen molar-refractivity contribution in [3.63, 3.8) is 0 Å². The summed E-state index contributed by atoms with van der Waals surface area (Å²) in [5.74, 6) is -1.26. The zero-order valence-electron chi connectivity index (χ0n) is 26.2. The summed E-state index contributed by atoms with van der Waals surface area (Å²) in [6.07, 6.45) is -2.40. The summed E-state index contributed by atoms with van der Waals surface area (Å²) in [6, 6.07) is 3.63. The van der Waals surface area contributed by atoms with Crippen LogP contribution in [0.4, 0.5) is 14.4 Å². The lowest BCUT2D eigenvalue weighted by Crippen LogP contribution is -2.59. The Kier molecular flexibility index (Phi) is 14.6. The van der Waals surface area contributed by atoms with Crippen LogP contribution in [0, 0.1) is 17.3 Å². The molecular formula is C30H47NO11. The minimum absolute atomic E-state index is 0.000572. The van der Waals surface area contributed by atoms with E-state index in [1.165, 1.54) is 18.2 Å². The third-order valence-electron chi connectivity index (χ3n) is 5.43. The zero-order chi connectivity index (χ0) is 32.1. The summed E-state index contributed by atoms with van der Waals surface area (Å²) in [5, 5.41) is 13.0. The maximum atomic E-state index is 12.5. The van der Waals surface area contributed by atoms with E-state index in [4.69, 9.17) is 28.4 Å². The largest absolute Gasteiger partial charge is 0.513 e. The van der Waals surface area contributed by atoms with Gasteiger partial charge in [-0.15, -0.1) is 0 Å². The molecule has 0 aliphatic carbocycles. The summed E-state index contributed by atoms with van der Waals surface area (Å²) in [7, 11) is 0. The average Bonchev–Trinajstić information content (AvgIpc) is 2.83. The van der Waals surface area contributed by atoms with Crippen molar-refractivity contribution < 1.29 is 52.7 Å². The van der Waals surface area contributed by atoms with Gasteiger partial charge in [0, 0.05) is 12.5 Å². The fourth-order valence-electron chi connectivity index (χ4n) is 3.32. The van der Waals surface area contributed by atoms with Gasteiger partial charge in [-0.3, -0.25) is 5.32 Å². The number of aliphatic carboxylic acids is 1. The number of hydrogen-bond donors (Lipinski definition) is 2. The molecule has 12 nitrogen and oxygen atoms in total. The van der Waals surface area contributed by atoms with Crippen LogP contribution in [-0.2, 0) is 30.2 Å². The molecule has 1 aromatic rings. The number of carboxylic acid groups (broad SMARTS) is 1. The third-order valence-corrected chi connectivity index (χ3v) is 5.43. The van der Waals surface area contributed by atoms with Crippen LogP contribution >= 0.6 is 0 Å². The van der Waals surface area contributed by atoms with Crippen molar-refractivity contribution in [3.8, 4) is 11.5 Å². The van der Waals surface area contributed by atoms with Crippen LogP contribution in [0.5, 0.6) is 11.5 Å². The summed E-state index contributed by atoms with van der Waals surface area (Å²) in [5.41, 5.74) is -2.35. The minimum atomic E-state index is -2.24. The van der Waals surface area contributed by atoms with Crippen LogP contribution in [-0.4, -0.2) is 61.1 Å². The Labute approximate surface area is 248 Å². The molecule has 238 valence electrons. The highest BCUT2D eigenvalue weighted by Gasteiger charge is 2.44. The number of benzene rings is 1. The Bertz CT molecular complexity index is 1050. The van der Waals surface area contributed by atoms with E-state index in [2.05, 4.69) is 5.32 Å². The first-order valence-corrected chi connectivity index (χ1v) is 14.1. The zero-order valence-corrected chi connectivity index (χ0v) is 26.2. The van der Waals surface area contributed by atoms with Crippen molar-refractivity contribution >= 4 is 24.4 Å². The van der Waals surface area contributed by atoms with E-state index in [1.54, 1.807) is 13.8 Å². The van der Waals surface area contributed by atoms with Crippen molar-refractivity contribution in [2.45, 2.75) is 93.3 Å². The number of nitrogens with one attached hydrogen (secondary N) is 1. The number of ether oxygens (including phenoxy) is 6. The fraction of sp³-hybridized carbons (Fsp3) is 0.667. The molecular weight excluding hydrogens is 550 g/mol. The lowest BCUT2D eigenvalue weighted by atomic mass is 9.99. The molecule has 0 spiro atoms. The quantitative estimate of drug-likeness (QED) is 0.100. The van der Waals surface area contributed by atoms with Crippen LogP contribution in [0.3, 0.4) is 0 Å². The van der Waals surface area contributed by atoms with Gasteiger partial charge in [-0.1, -0.05) is 54.5 Å². The standard InChI is InChI=1S/C30H47NO11/c1-19(2)12-14-37-26(34)40-23-11-10-22(16-24(23)41-27(35)38-15-13-20(3)4)17-30(25(32)33,31-21(5)6)42-28(36)39-18-29(7,8)9/h10-11,16,19-21,31H,12-15,17-18H2,1-9H3,(H,32,33)/t30-/m0/s1. The van der Waals surface area contributed by atoms with Gasteiger partial charge in [0.15, 0.2) is 11.5 Å². The van der Waals surface area contributed by atoms with E-state index in [9.17, 15) is 24.3 Å². The normalized spacial score (nSPS) is 13.0. The summed E-state index contributed by atoms with van der Waals surface area (Å²) in [4.78, 5) is 49.7. The molecule has 0 bridgehead atoms. The highest BCUT2D eigenvalue weighted by Crippen LogP contribution is 2.31. The topological polar surface area (TPSA) is 156 Å². The van der Waals surface area contributed by atoms with Gasteiger partial charge in [-0.25, -0.2) is 19.2 Å². The number of carbonyl (C=O) groups is 4. The molecule has 0 fully saturated rings. The maximum absolute atomic E-state index is 12.5. The molecule has 0 radical (unpaired) electrons.